The molecule has 0 unspecified atom stereocenters. The summed E-state index contributed by atoms with van der Waals surface area (Å²) in [7, 11) is 1.66. The average molecular weight is 332 g/mol. The Morgan fingerprint density at radius 2 is 2.17 bits per heavy atom. The van der Waals surface area contributed by atoms with Crippen LogP contribution in [0.2, 0.25) is 0 Å². The molecule has 4 nitrogen and oxygen atoms in total. The largest absolute Gasteiger partial charge is 0.497 e. The third kappa shape index (κ3) is 6.48. The summed E-state index contributed by atoms with van der Waals surface area (Å²) in [5.41, 5.74) is 1.13. The molecule has 0 radical (unpaired) electrons. The van der Waals surface area contributed by atoms with Crippen LogP contribution in [0.3, 0.4) is 0 Å². The Hall–Kier alpha value is -1.62. The highest BCUT2D eigenvalue weighted by atomic mass is 16.5. The van der Waals surface area contributed by atoms with Crippen molar-refractivity contribution in [3.8, 4) is 5.75 Å². The van der Waals surface area contributed by atoms with Crippen LogP contribution in [-0.4, -0.2) is 37.1 Å². The van der Waals surface area contributed by atoms with Crippen molar-refractivity contribution in [3.05, 3.63) is 54.6 Å². The Balaban J connectivity index is 1.65. The highest BCUT2D eigenvalue weighted by molar-refractivity contribution is 5.26. The summed E-state index contributed by atoms with van der Waals surface area (Å²) < 4.78 is 16.9. The van der Waals surface area contributed by atoms with Crippen molar-refractivity contribution in [2.75, 3.05) is 13.7 Å². The van der Waals surface area contributed by atoms with E-state index in [-0.39, 0.29) is 18.3 Å². The van der Waals surface area contributed by atoms with Gasteiger partial charge in [-0.1, -0.05) is 30.4 Å². The van der Waals surface area contributed by atoms with E-state index in [9.17, 15) is 5.11 Å². The van der Waals surface area contributed by atoms with Gasteiger partial charge in [0.2, 0.25) is 0 Å². The van der Waals surface area contributed by atoms with Gasteiger partial charge in [0.1, 0.15) is 5.75 Å². The van der Waals surface area contributed by atoms with Gasteiger partial charge in [-0.05, 0) is 37.0 Å². The van der Waals surface area contributed by atoms with Gasteiger partial charge in [-0.25, -0.2) is 0 Å². The van der Waals surface area contributed by atoms with E-state index in [4.69, 9.17) is 14.2 Å². The molecule has 1 aromatic rings. The summed E-state index contributed by atoms with van der Waals surface area (Å²) in [6.45, 7) is 4.90. The molecule has 0 saturated carbocycles. The highest BCUT2D eigenvalue weighted by Gasteiger charge is 2.20. The molecule has 0 amide bonds. The van der Waals surface area contributed by atoms with Crippen LogP contribution in [0.4, 0.5) is 0 Å². The molecule has 2 rings (SSSR count). The maximum atomic E-state index is 9.85. The first kappa shape index (κ1) is 18.7. The molecule has 24 heavy (non-hydrogen) atoms. The minimum Gasteiger partial charge on any atom is -0.497 e. The van der Waals surface area contributed by atoms with Crippen molar-refractivity contribution in [2.24, 2.45) is 0 Å². The van der Waals surface area contributed by atoms with E-state index < -0.39 is 0 Å². The number of methoxy groups -OCH3 is 1. The van der Waals surface area contributed by atoms with Crippen molar-refractivity contribution in [1.82, 2.24) is 0 Å². The Kier molecular flexibility index (Phi) is 8.02. The van der Waals surface area contributed by atoms with Crippen LogP contribution < -0.4 is 4.74 Å². The molecule has 4 heteroatoms. The van der Waals surface area contributed by atoms with Gasteiger partial charge in [-0.15, -0.1) is 6.58 Å². The molecule has 1 aliphatic rings. The molecular weight excluding hydrogens is 304 g/mol. The van der Waals surface area contributed by atoms with Gasteiger partial charge in [0, 0.05) is 13.0 Å². The summed E-state index contributed by atoms with van der Waals surface area (Å²) in [4.78, 5) is 0. The number of hydrogen-bond acceptors (Lipinski definition) is 4. The van der Waals surface area contributed by atoms with Crippen LogP contribution in [0.25, 0.3) is 0 Å². The lowest BCUT2D eigenvalue weighted by molar-refractivity contribution is -0.0339. The lowest BCUT2D eigenvalue weighted by atomic mass is 10.0. The van der Waals surface area contributed by atoms with Crippen molar-refractivity contribution in [2.45, 2.75) is 50.6 Å². The van der Waals surface area contributed by atoms with Gasteiger partial charge in [-0.2, -0.15) is 0 Å². The zero-order chi connectivity index (χ0) is 17.2. The molecule has 132 valence electrons. The molecule has 0 aliphatic carbocycles. The van der Waals surface area contributed by atoms with Gasteiger partial charge in [-0.3, -0.25) is 0 Å². The number of hydrogen-bond donors (Lipinski definition) is 1. The number of benzene rings is 1. The Labute approximate surface area is 144 Å². The Bertz CT molecular complexity index is 509. The van der Waals surface area contributed by atoms with E-state index in [1.54, 1.807) is 13.2 Å². The van der Waals surface area contributed by atoms with Crippen LogP contribution in [0.5, 0.6) is 5.75 Å². The molecule has 0 fully saturated rings. The van der Waals surface area contributed by atoms with E-state index in [2.05, 4.69) is 12.7 Å². The summed E-state index contributed by atoms with van der Waals surface area (Å²) >= 11 is 0. The predicted molar refractivity (Wildman–Crippen MR) is 95.1 cm³/mol. The normalized spacial score (nSPS) is 21.4. The molecule has 0 bridgehead atoms. The molecule has 1 N–H and O–H groups in total. The lowest BCUT2D eigenvalue weighted by Crippen LogP contribution is -2.28. The zero-order valence-electron chi connectivity index (χ0n) is 14.4. The highest BCUT2D eigenvalue weighted by Crippen LogP contribution is 2.20. The molecule has 1 heterocycles. The van der Waals surface area contributed by atoms with Gasteiger partial charge in [0.15, 0.2) is 0 Å². The SMILES string of the molecule is C=CC[C@@H](O)C[C@@H]1C=CC[C@@H](CCOCc2ccc(OC)cc2)O1. The van der Waals surface area contributed by atoms with Crippen molar-refractivity contribution >= 4 is 0 Å². The topological polar surface area (TPSA) is 47.9 Å². The maximum Gasteiger partial charge on any atom is 0.118 e. The summed E-state index contributed by atoms with van der Waals surface area (Å²) in [6, 6.07) is 7.89. The molecule has 1 aromatic carbocycles. The first-order valence-corrected chi connectivity index (χ1v) is 8.53. The van der Waals surface area contributed by atoms with Crippen molar-refractivity contribution in [1.29, 1.82) is 0 Å². The number of rotatable bonds is 10. The lowest BCUT2D eigenvalue weighted by Gasteiger charge is -2.27. The second kappa shape index (κ2) is 10.3. The number of aliphatic hydroxyl groups excluding tert-OH is 1. The quantitative estimate of drug-likeness (QED) is 0.525. The van der Waals surface area contributed by atoms with Crippen molar-refractivity contribution in [3.63, 3.8) is 0 Å². The molecular formula is C20H28O4. The number of ether oxygens (including phenoxy) is 3. The zero-order valence-corrected chi connectivity index (χ0v) is 14.4. The van der Waals surface area contributed by atoms with Crippen LogP contribution in [0.15, 0.2) is 49.1 Å². The fourth-order valence-electron chi connectivity index (χ4n) is 2.73. The number of aliphatic hydroxyl groups is 1. The van der Waals surface area contributed by atoms with Gasteiger partial charge in [0.25, 0.3) is 0 Å². The predicted octanol–water partition coefficient (Wildman–Crippen LogP) is 3.64. The maximum absolute atomic E-state index is 9.85. The van der Waals surface area contributed by atoms with Gasteiger partial charge < -0.3 is 19.3 Å². The van der Waals surface area contributed by atoms with E-state index >= 15 is 0 Å². The fourth-order valence-corrected chi connectivity index (χ4v) is 2.73. The molecule has 1 aliphatic heterocycles. The minimum absolute atomic E-state index is 0.0136. The van der Waals surface area contributed by atoms with Crippen molar-refractivity contribution < 1.29 is 19.3 Å². The van der Waals surface area contributed by atoms with Gasteiger partial charge in [0.05, 0.1) is 32.0 Å². The third-order valence-electron chi connectivity index (χ3n) is 4.07. The first-order chi connectivity index (χ1) is 11.7. The fraction of sp³-hybridized carbons (Fsp3) is 0.500. The Morgan fingerprint density at radius 3 is 2.88 bits per heavy atom. The molecule has 0 aromatic heterocycles. The summed E-state index contributed by atoms with van der Waals surface area (Å²) in [6.07, 6.45) is 8.66. The third-order valence-corrected chi connectivity index (χ3v) is 4.07. The minimum atomic E-state index is -0.387. The van der Waals surface area contributed by atoms with E-state index in [1.165, 1.54) is 0 Å². The van der Waals surface area contributed by atoms with Crippen LogP contribution >= 0.6 is 0 Å². The van der Waals surface area contributed by atoms with Crippen LogP contribution in [0, 0.1) is 0 Å². The summed E-state index contributed by atoms with van der Waals surface area (Å²) in [5, 5.41) is 9.85. The first-order valence-electron chi connectivity index (χ1n) is 8.53. The monoisotopic (exact) mass is 332 g/mol. The van der Waals surface area contributed by atoms with Gasteiger partial charge >= 0.3 is 0 Å². The van der Waals surface area contributed by atoms with Crippen LogP contribution in [0.1, 0.15) is 31.2 Å². The average Bonchev–Trinajstić information content (AvgIpc) is 2.60. The Morgan fingerprint density at radius 1 is 1.38 bits per heavy atom. The summed E-state index contributed by atoms with van der Waals surface area (Å²) in [5.74, 6) is 0.853. The molecule has 0 saturated heterocycles. The van der Waals surface area contributed by atoms with E-state index in [0.717, 1.165) is 24.2 Å². The van der Waals surface area contributed by atoms with E-state index in [0.29, 0.717) is 26.1 Å². The standard InChI is InChI=1S/C20H28O4/c1-3-5-17(21)14-20-7-4-6-19(24-20)12-13-23-15-16-8-10-18(22-2)11-9-16/h3-4,7-11,17,19-21H,1,5-6,12-15H2,2H3/t17-,19+,20+/m1/s1. The smallest absolute Gasteiger partial charge is 0.118 e. The molecule has 3 atom stereocenters. The second-order valence-electron chi connectivity index (χ2n) is 6.06. The molecule has 0 spiro atoms. The van der Waals surface area contributed by atoms with E-state index in [1.807, 2.05) is 30.3 Å². The van der Waals surface area contributed by atoms with Crippen LogP contribution in [-0.2, 0) is 16.1 Å². The second-order valence-corrected chi connectivity index (χ2v) is 6.06.